The second-order valence-corrected chi connectivity index (χ2v) is 5.86. The second kappa shape index (κ2) is 5.80. The van der Waals surface area contributed by atoms with Crippen LogP contribution in [0.5, 0.6) is 5.75 Å². The Morgan fingerprint density at radius 1 is 1.09 bits per heavy atom. The predicted molar refractivity (Wildman–Crippen MR) is 90.3 cm³/mol. The number of ether oxygens (including phenoxy) is 1. The summed E-state index contributed by atoms with van der Waals surface area (Å²) >= 11 is 0. The molecule has 0 bridgehead atoms. The summed E-state index contributed by atoms with van der Waals surface area (Å²) in [7, 11) is 0. The minimum Gasteiger partial charge on any atom is -0.489 e. The summed E-state index contributed by atoms with van der Waals surface area (Å²) < 4.78 is 5.92. The lowest BCUT2D eigenvalue weighted by Crippen LogP contribution is -2.11. The van der Waals surface area contributed by atoms with Crippen molar-refractivity contribution in [3.05, 3.63) is 65.4 Å². The zero-order valence-electron chi connectivity index (χ0n) is 12.7. The van der Waals surface area contributed by atoms with Gasteiger partial charge in [-0.15, -0.1) is 0 Å². The number of rotatable bonds is 3. The summed E-state index contributed by atoms with van der Waals surface area (Å²) in [6, 6.07) is 16.2. The van der Waals surface area contributed by atoms with Gasteiger partial charge in [-0.1, -0.05) is 35.5 Å². The Morgan fingerprint density at radius 2 is 1.96 bits per heavy atom. The fraction of sp³-hybridized carbons (Fsp3) is 0.211. The van der Waals surface area contributed by atoms with Crippen molar-refractivity contribution >= 4 is 16.6 Å². The molecule has 116 valence electrons. The minimum absolute atomic E-state index is 0.558. The summed E-state index contributed by atoms with van der Waals surface area (Å²) in [4.78, 5) is 3.37. The first-order chi connectivity index (χ1) is 11.3. The van der Waals surface area contributed by atoms with E-state index in [9.17, 15) is 5.21 Å². The van der Waals surface area contributed by atoms with Crippen LogP contribution in [0.1, 0.15) is 29.7 Å². The lowest BCUT2D eigenvalue weighted by Gasteiger charge is -2.12. The summed E-state index contributed by atoms with van der Waals surface area (Å²) in [6.45, 7) is 0.558. The maximum Gasteiger partial charge on any atom is 0.120 e. The molecule has 2 aromatic carbocycles. The molecule has 3 aromatic rings. The average Bonchev–Trinajstić information content (AvgIpc) is 2.99. The van der Waals surface area contributed by atoms with E-state index in [1.807, 2.05) is 30.3 Å². The Morgan fingerprint density at radius 3 is 2.78 bits per heavy atom. The fourth-order valence-electron chi connectivity index (χ4n) is 3.22. The van der Waals surface area contributed by atoms with Gasteiger partial charge in [0.25, 0.3) is 0 Å². The highest BCUT2D eigenvalue weighted by Crippen LogP contribution is 2.32. The third-order valence-corrected chi connectivity index (χ3v) is 4.38. The fourth-order valence-corrected chi connectivity index (χ4v) is 3.22. The highest BCUT2D eigenvalue weighted by molar-refractivity contribution is 6.06. The van der Waals surface area contributed by atoms with Crippen LogP contribution in [0.15, 0.2) is 53.7 Å². The van der Waals surface area contributed by atoms with E-state index in [1.165, 1.54) is 5.56 Å². The quantitative estimate of drug-likeness (QED) is 0.561. The zero-order chi connectivity index (χ0) is 15.6. The molecule has 0 saturated carbocycles. The van der Waals surface area contributed by atoms with Crippen molar-refractivity contribution in [3.63, 3.8) is 0 Å². The molecule has 1 heterocycles. The van der Waals surface area contributed by atoms with Crippen molar-refractivity contribution in [1.82, 2.24) is 4.98 Å². The summed E-state index contributed by atoms with van der Waals surface area (Å²) in [5, 5.41) is 13.8. The summed E-state index contributed by atoms with van der Waals surface area (Å²) in [5.41, 5.74) is 5.15. The minimum atomic E-state index is 0.558. The third-order valence-electron chi connectivity index (χ3n) is 4.38. The molecule has 0 aliphatic heterocycles. The van der Waals surface area contributed by atoms with E-state index in [-0.39, 0.29) is 0 Å². The number of hydrogen-bond acceptors (Lipinski definition) is 3. The van der Waals surface area contributed by atoms with E-state index in [4.69, 9.17) is 4.74 Å². The number of nitrogens with zero attached hydrogens (tertiary/aromatic N) is 1. The summed E-state index contributed by atoms with van der Waals surface area (Å²) in [5.74, 6) is 0.858. The first-order valence-electron chi connectivity index (χ1n) is 7.88. The first-order valence-corrected chi connectivity index (χ1v) is 7.88. The van der Waals surface area contributed by atoms with Crippen LogP contribution in [0, 0.1) is 0 Å². The van der Waals surface area contributed by atoms with Crippen LogP contribution in [0.2, 0.25) is 0 Å². The third kappa shape index (κ3) is 2.57. The zero-order valence-corrected chi connectivity index (χ0v) is 12.7. The number of hydrogen-bond donors (Lipinski definition) is 2. The Balaban J connectivity index is 1.65. The standard InChI is InChI=1S/C19H18N2O2/c22-21-18-8-4-7-15-16-11-14(9-10-17(16)20-19(15)18)23-12-13-5-2-1-3-6-13/h1-3,5-6,9-11,20,22H,4,7-8,12H2/b21-18+. The normalized spacial score (nSPS) is 15.7. The molecule has 0 fully saturated rings. The predicted octanol–water partition coefficient (Wildman–Crippen LogP) is 4.26. The molecule has 23 heavy (non-hydrogen) atoms. The van der Waals surface area contributed by atoms with Crippen LogP contribution in [0.25, 0.3) is 10.9 Å². The Labute approximate surface area is 134 Å². The monoisotopic (exact) mass is 306 g/mol. The molecule has 2 N–H and O–H groups in total. The lowest BCUT2D eigenvalue weighted by atomic mass is 9.94. The van der Waals surface area contributed by atoms with Gasteiger partial charge in [0.1, 0.15) is 18.1 Å². The Bertz CT molecular complexity index is 866. The van der Waals surface area contributed by atoms with Gasteiger partial charge < -0.3 is 14.9 Å². The number of nitrogens with one attached hydrogen (secondary N) is 1. The number of H-pyrrole nitrogens is 1. The molecule has 1 aliphatic carbocycles. The van der Waals surface area contributed by atoms with Crippen LogP contribution < -0.4 is 4.74 Å². The van der Waals surface area contributed by atoms with Gasteiger partial charge in [-0.25, -0.2) is 0 Å². The molecule has 0 saturated heterocycles. The smallest absolute Gasteiger partial charge is 0.120 e. The molecule has 0 amide bonds. The van der Waals surface area contributed by atoms with Crippen molar-refractivity contribution in [3.8, 4) is 5.75 Å². The molecular weight excluding hydrogens is 288 g/mol. The lowest BCUT2D eigenvalue weighted by molar-refractivity contribution is 0.306. The van der Waals surface area contributed by atoms with E-state index in [0.717, 1.165) is 52.9 Å². The molecule has 4 heteroatoms. The first kappa shape index (κ1) is 13.9. The van der Waals surface area contributed by atoms with Crippen LogP contribution in [-0.2, 0) is 13.0 Å². The van der Waals surface area contributed by atoms with Crippen molar-refractivity contribution in [2.75, 3.05) is 0 Å². The van der Waals surface area contributed by atoms with Crippen LogP contribution in [0.4, 0.5) is 0 Å². The topological polar surface area (TPSA) is 57.6 Å². The van der Waals surface area contributed by atoms with Gasteiger partial charge in [-0.2, -0.15) is 0 Å². The SMILES string of the molecule is O/N=C1\CCCc2c1[nH]c1ccc(OCc3ccccc3)cc21. The Kier molecular flexibility index (Phi) is 3.50. The van der Waals surface area contributed by atoms with E-state index in [1.54, 1.807) is 0 Å². The molecule has 1 aromatic heterocycles. The van der Waals surface area contributed by atoms with Gasteiger partial charge in [0.05, 0.1) is 5.69 Å². The largest absolute Gasteiger partial charge is 0.489 e. The van der Waals surface area contributed by atoms with Crippen molar-refractivity contribution in [2.45, 2.75) is 25.9 Å². The molecule has 0 unspecified atom stereocenters. The number of oxime groups is 1. The van der Waals surface area contributed by atoms with Gasteiger partial charge in [0.15, 0.2) is 0 Å². The van der Waals surface area contributed by atoms with Gasteiger partial charge >= 0.3 is 0 Å². The van der Waals surface area contributed by atoms with Crippen LogP contribution in [-0.4, -0.2) is 15.9 Å². The molecule has 4 rings (SSSR count). The second-order valence-electron chi connectivity index (χ2n) is 5.86. The van der Waals surface area contributed by atoms with E-state index in [2.05, 4.69) is 28.3 Å². The molecule has 0 atom stereocenters. The number of aromatic nitrogens is 1. The molecule has 0 spiro atoms. The number of benzene rings is 2. The van der Waals surface area contributed by atoms with E-state index in [0.29, 0.717) is 6.61 Å². The van der Waals surface area contributed by atoms with Gasteiger partial charge in [0.2, 0.25) is 0 Å². The molecule has 1 aliphatic rings. The maximum absolute atomic E-state index is 9.17. The molecule has 4 nitrogen and oxygen atoms in total. The van der Waals surface area contributed by atoms with Gasteiger partial charge in [0, 0.05) is 10.9 Å². The Hall–Kier alpha value is -2.75. The average molecular weight is 306 g/mol. The molecule has 0 radical (unpaired) electrons. The van der Waals surface area contributed by atoms with Crippen molar-refractivity contribution in [1.29, 1.82) is 0 Å². The number of fused-ring (bicyclic) bond motifs is 3. The van der Waals surface area contributed by atoms with E-state index >= 15 is 0 Å². The van der Waals surface area contributed by atoms with Crippen LogP contribution >= 0.6 is 0 Å². The summed E-state index contributed by atoms with van der Waals surface area (Å²) in [6.07, 6.45) is 2.82. The van der Waals surface area contributed by atoms with Crippen LogP contribution in [0.3, 0.4) is 0 Å². The highest BCUT2D eigenvalue weighted by Gasteiger charge is 2.21. The molecular formula is C19H18N2O2. The maximum atomic E-state index is 9.17. The highest BCUT2D eigenvalue weighted by atomic mass is 16.5. The van der Waals surface area contributed by atoms with Crippen molar-refractivity contribution < 1.29 is 9.94 Å². The number of aromatic amines is 1. The van der Waals surface area contributed by atoms with E-state index < -0.39 is 0 Å². The van der Waals surface area contributed by atoms with Gasteiger partial charge in [-0.05, 0) is 48.6 Å². The number of aryl methyl sites for hydroxylation is 1. The van der Waals surface area contributed by atoms with Gasteiger partial charge in [-0.3, -0.25) is 0 Å². The van der Waals surface area contributed by atoms with Crippen molar-refractivity contribution in [2.24, 2.45) is 5.16 Å².